The zero-order valence-electron chi connectivity index (χ0n) is 12.1. The molecule has 6 nitrogen and oxygen atoms in total. The largest absolute Gasteiger partial charge is 0.493 e. The molecule has 0 bridgehead atoms. The SMILES string of the molecule is COc1ccc([C@H]2NC(=O)OCC2(F)F)c(OC)c1OC.Cl. The fourth-order valence-corrected chi connectivity index (χ4v) is 2.17. The number of amides is 1. The monoisotopic (exact) mass is 339 g/mol. The zero-order valence-corrected chi connectivity index (χ0v) is 13.0. The summed E-state index contributed by atoms with van der Waals surface area (Å²) < 4.78 is 47.7. The predicted molar refractivity (Wildman–Crippen MR) is 75.5 cm³/mol. The van der Waals surface area contributed by atoms with Crippen molar-refractivity contribution in [2.75, 3.05) is 27.9 Å². The molecule has 1 aromatic rings. The molecule has 0 aliphatic carbocycles. The molecule has 1 amide bonds. The highest BCUT2D eigenvalue weighted by Gasteiger charge is 2.48. The second-order valence-electron chi connectivity index (χ2n) is 4.34. The number of ether oxygens (including phenoxy) is 4. The van der Waals surface area contributed by atoms with Crippen molar-refractivity contribution in [3.8, 4) is 17.2 Å². The quantitative estimate of drug-likeness (QED) is 0.913. The molecule has 1 atom stereocenters. The van der Waals surface area contributed by atoms with Crippen LogP contribution in [-0.4, -0.2) is 40.0 Å². The van der Waals surface area contributed by atoms with Crippen LogP contribution in [0.4, 0.5) is 13.6 Å². The molecule has 22 heavy (non-hydrogen) atoms. The Kier molecular flexibility index (Phi) is 5.65. The zero-order chi connectivity index (χ0) is 15.6. The first-order valence-electron chi connectivity index (χ1n) is 6.04. The molecular formula is C13H16ClF2NO5. The minimum absolute atomic E-state index is 0. The van der Waals surface area contributed by atoms with Crippen molar-refractivity contribution in [2.24, 2.45) is 0 Å². The van der Waals surface area contributed by atoms with E-state index >= 15 is 0 Å². The van der Waals surface area contributed by atoms with Crippen LogP contribution in [0, 0.1) is 0 Å². The van der Waals surface area contributed by atoms with Gasteiger partial charge in [-0.25, -0.2) is 13.6 Å². The normalized spacial score (nSPS) is 19.3. The first kappa shape index (κ1) is 18.1. The molecular weight excluding hydrogens is 324 g/mol. The molecule has 1 fully saturated rings. The smallest absolute Gasteiger partial charge is 0.408 e. The predicted octanol–water partition coefficient (Wildman–Crippen LogP) is 2.55. The number of alkyl halides is 2. The number of hydrogen-bond donors (Lipinski definition) is 1. The molecule has 1 N–H and O–H groups in total. The Morgan fingerprint density at radius 3 is 2.36 bits per heavy atom. The highest BCUT2D eigenvalue weighted by molar-refractivity contribution is 5.85. The average Bonchev–Trinajstić information content (AvgIpc) is 2.48. The Morgan fingerprint density at radius 1 is 1.18 bits per heavy atom. The minimum Gasteiger partial charge on any atom is -0.493 e. The van der Waals surface area contributed by atoms with Crippen LogP contribution in [0.5, 0.6) is 17.2 Å². The topological polar surface area (TPSA) is 66.0 Å². The number of alkyl carbamates (subject to hydrolysis) is 1. The lowest BCUT2D eigenvalue weighted by Gasteiger charge is -2.32. The number of halogens is 3. The Hall–Kier alpha value is -1.96. The van der Waals surface area contributed by atoms with Crippen LogP contribution in [0.1, 0.15) is 11.6 Å². The van der Waals surface area contributed by atoms with Crippen molar-refractivity contribution in [3.63, 3.8) is 0 Å². The average molecular weight is 340 g/mol. The van der Waals surface area contributed by atoms with E-state index in [-0.39, 0.29) is 29.5 Å². The van der Waals surface area contributed by atoms with E-state index in [1.807, 2.05) is 0 Å². The Balaban J connectivity index is 0.00000242. The van der Waals surface area contributed by atoms with Gasteiger partial charge < -0.3 is 24.3 Å². The van der Waals surface area contributed by atoms with Crippen LogP contribution in [-0.2, 0) is 4.74 Å². The molecule has 1 aromatic carbocycles. The molecule has 0 radical (unpaired) electrons. The van der Waals surface area contributed by atoms with Crippen LogP contribution in [0.25, 0.3) is 0 Å². The molecule has 0 unspecified atom stereocenters. The highest BCUT2D eigenvalue weighted by Crippen LogP contribution is 2.46. The number of carbonyl (C=O) groups is 1. The molecule has 124 valence electrons. The van der Waals surface area contributed by atoms with E-state index < -0.39 is 24.7 Å². The number of methoxy groups -OCH3 is 3. The number of rotatable bonds is 4. The van der Waals surface area contributed by atoms with E-state index in [9.17, 15) is 13.6 Å². The summed E-state index contributed by atoms with van der Waals surface area (Å²) in [5, 5.41) is 2.10. The minimum atomic E-state index is -3.28. The van der Waals surface area contributed by atoms with Crippen molar-refractivity contribution in [3.05, 3.63) is 17.7 Å². The molecule has 0 spiro atoms. The maximum atomic E-state index is 14.0. The van der Waals surface area contributed by atoms with Crippen molar-refractivity contribution >= 4 is 18.5 Å². The summed E-state index contributed by atoms with van der Waals surface area (Å²) in [7, 11) is 4.10. The third kappa shape index (κ3) is 3.11. The molecule has 1 aliphatic rings. The van der Waals surface area contributed by atoms with Gasteiger partial charge >= 0.3 is 12.0 Å². The summed E-state index contributed by atoms with van der Waals surface area (Å²) >= 11 is 0. The van der Waals surface area contributed by atoms with Crippen LogP contribution in [0.3, 0.4) is 0 Å². The van der Waals surface area contributed by atoms with Gasteiger partial charge in [-0.1, -0.05) is 0 Å². The van der Waals surface area contributed by atoms with Gasteiger partial charge in [0.2, 0.25) is 5.75 Å². The molecule has 1 aliphatic heterocycles. The van der Waals surface area contributed by atoms with Gasteiger partial charge in [0.25, 0.3) is 0 Å². The lowest BCUT2D eigenvalue weighted by Crippen LogP contribution is -2.49. The fourth-order valence-electron chi connectivity index (χ4n) is 2.17. The third-order valence-electron chi connectivity index (χ3n) is 3.13. The fraction of sp³-hybridized carbons (Fsp3) is 0.462. The molecule has 2 rings (SSSR count). The lowest BCUT2D eigenvalue weighted by atomic mass is 9.98. The second kappa shape index (κ2) is 6.87. The first-order chi connectivity index (χ1) is 9.94. The number of nitrogens with one attached hydrogen (secondary N) is 1. The van der Waals surface area contributed by atoms with E-state index in [0.717, 1.165) is 0 Å². The third-order valence-corrected chi connectivity index (χ3v) is 3.13. The Bertz CT molecular complexity index is 555. The van der Waals surface area contributed by atoms with Crippen molar-refractivity contribution < 1.29 is 32.5 Å². The van der Waals surface area contributed by atoms with Gasteiger partial charge in [0, 0.05) is 5.56 Å². The van der Waals surface area contributed by atoms with Gasteiger partial charge in [-0.2, -0.15) is 0 Å². The standard InChI is InChI=1S/C13H15F2NO5.ClH/c1-18-8-5-4-7(9(19-2)10(8)20-3)11-13(14,15)6-21-12(17)16-11;/h4-5,11H,6H2,1-3H3,(H,16,17);1H/t11-;/m1./s1. The van der Waals surface area contributed by atoms with Crippen LogP contribution < -0.4 is 19.5 Å². The first-order valence-corrected chi connectivity index (χ1v) is 6.04. The summed E-state index contributed by atoms with van der Waals surface area (Å²) in [6.45, 7) is -0.999. The molecule has 1 heterocycles. The molecule has 9 heteroatoms. The van der Waals surface area contributed by atoms with Crippen LogP contribution in [0.2, 0.25) is 0 Å². The van der Waals surface area contributed by atoms with E-state index in [4.69, 9.17) is 14.2 Å². The van der Waals surface area contributed by atoms with E-state index in [0.29, 0.717) is 5.75 Å². The summed E-state index contributed by atoms with van der Waals surface area (Å²) in [4.78, 5) is 11.2. The lowest BCUT2D eigenvalue weighted by molar-refractivity contribution is -0.104. The maximum absolute atomic E-state index is 14.0. The number of benzene rings is 1. The van der Waals surface area contributed by atoms with Crippen molar-refractivity contribution in [1.29, 1.82) is 0 Å². The summed E-state index contributed by atoms with van der Waals surface area (Å²) in [6, 6.07) is 1.28. The highest BCUT2D eigenvalue weighted by atomic mass is 35.5. The number of cyclic esters (lactones) is 1. The maximum Gasteiger partial charge on any atom is 0.408 e. The van der Waals surface area contributed by atoms with Gasteiger partial charge in [0.05, 0.1) is 21.3 Å². The van der Waals surface area contributed by atoms with E-state index in [2.05, 4.69) is 10.1 Å². The molecule has 0 aromatic heterocycles. The number of carbonyl (C=O) groups excluding carboxylic acids is 1. The van der Waals surface area contributed by atoms with Crippen LogP contribution >= 0.6 is 12.4 Å². The molecule has 1 saturated heterocycles. The van der Waals surface area contributed by atoms with Crippen LogP contribution in [0.15, 0.2) is 12.1 Å². The summed E-state index contributed by atoms with van der Waals surface area (Å²) in [6.07, 6.45) is -0.914. The number of hydrogen-bond acceptors (Lipinski definition) is 5. The van der Waals surface area contributed by atoms with Crippen molar-refractivity contribution in [2.45, 2.75) is 12.0 Å². The van der Waals surface area contributed by atoms with Crippen molar-refractivity contribution in [1.82, 2.24) is 5.32 Å². The molecule has 0 saturated carbocycles. The Morgan fingerprint density at radius 2 is 1.82 bits per heavy atom. The van der Waals surface area contributed by atoms with Gasteiger partial charge in [-0.05, 0) is 12.1 Å². The van der Waals surface area contributed by atoms with E-state index in [1.54, 1.807) is 0 Å². The summed E-state index contributed by atoms with van der Waals surface area (Å²) in [5.74, 6) is -2.70. The van der Waals surface area contributed by atoms with Gasteiger partial charge in [-0.3, -0.25) is 0 Å². The van der Waals surface area contributed by atoms with Gasteiger partial charge in [-0.15, -0.1) is 12.4 Å². The second-order valence-corrected chi connectivity index (χ2v) is 4.34. The van der Waals surface area contributed by atoms with Gasteiger partial charge in [0.15, 0.2) is 18.1 Å². The van der Waals surface area contributed by atoms with E-state index in [1.165, 1.54) is 33.5 Å². The van der Waals surface area contributed by atoms with Gasteiger partial charge in [0.1, 0.15) is 6.04 Å². The summed E-state index contributed by atoms with van der Waals surface area (Å²) in [5.41, 5.74) is 0.0804. The Labute approximate surface area is 132 Å².